The van der Waals surface area contributed by atoms with Crippen molar-refractivity contribution in [3.05, 3.63) is 34.2 Å². The second kappa shape index (κ2) is 5.54. The summed E-state index contributed by atoms with van der Waals surface area (Å²) in [5, 5.41) is 0.889. The second-order valence-corrected chi connectivity index (χ2v) is 6.24. The van der Waals surface area contributed by atoms with Gasteiger partial charge in [0.25, 0.3) is 0 Å². The van der Waals surface area contributed by atoms with E-state index in [9.17, 15) is 4.79 Å². The third-order valence-corrected chi connectivity index (χ3v) is 4.21. The number of fused-ring (bicyclic) bond motifs is 2. The number of morpholine rings is 1. The van der Waals surface area contributed by atoms with E-state index in [1.807, 2.05) is 6.07 Å². The quantitative estimate of drug-likeness (QED) is 0.791. The first-order valence-corrected chi connectivity index (χ1v) is 7.82. The van der Waals surface area contributed by atoms with Gasteiger partial charge in [0.1, 0.15) is 5.58 Å². The molecule has 1 aromatic carbocycles. The monoisotopic (exact) mass is 317 g/mol. The molecule has 122 valence electrons. The van der Waals surface area contributed by atoms with Crippen LogP contribution in [-0.4, -0.2) is 37.0 Å². The Labute approximate surface area is 133 Å². The van der Waals surface area contributed by atoms with Crippen LogP contribution in [0.4, 0.5) is 0 Å². The average Bonchev–Trinajstić information content (AvgIpc) is 2.91. The molecule has 0 N–H and O–H groups in total. The molecule has 23 heavy (non-hydrogen) atoms. The van der Waals surface area contributed by atoms with Crippen molar-refractivity contribution in [2.75, 3.05) is 19.9 Å². The number of nitrogens with zero attached hydrogens (tertiary/aromatic N) is 1. The van der Waals surface area contributed by atoms with Crippen LogP contribution in [-0.2, 0) is 11.3 Å². The summed E-state index contributed by atoms with van der Waals surface area (Å²) in [6.07, 6.45) is 0.372. The maximum absolute atomic E-state index is 11.9. The van der Waals surface area contributed by atoms with E-state index in [1.165, 1.54) is 0 Å². The van der Waals surface area contributed by atoms with Gasteiger partial charge in [0.05, 0.1) is 12.2 Å². The Balaban J connectivity index is 1.72. The molecule has 6 nitrogen and oxygen atoms in total. The number of hydrogen-bond donors (Lipinski definition) is 0. The normalized spacial score (nSPS) is 24.3. The lowest BCUT2D eigenvalue weighted by Crippen LogP contribution is -2.44. The van der Waals surface area contributed by atoms with Crippen molar-refractivity contribution >= 4 is 11.0 Å². The molecule has 2 aliphatic rings. The predicted molar refractivity (Wildman–Crippen MR) is 83.9 cm³/mol. The van der Waals surface area contributed by atoms with Crippen LogP contribution in [0.1, 0.15) is 19.4 Å². The summed E-state index contributed by atoms with van der Waals surface area (Å²) >= 11 is 0. The molecule has 1 saturated heterocycles. The van der Waals surface area contributed by atoms with Crippen molar-refractivity contribution in [3.63, 3.8) is 0 Å². The summed E-state index contributed by atoms with van der Waals surface area (Å²) < 4.78 is 21.9. The van der Waals surface area contributed by atoms with Crippen LogP contribution in [0.25, 0.3) is 11.0 Å². The van der Waals surface area contributed by atoms with Gasteiger partial charge in [0, 0.05) is 37.2 Å². The highest BCUT2D eigenvalue weighted by molar-refractivity contribution is 5.84. The van der Waals surface area contributed by atoms with Crippen LogP contribution in [0.2, 0.25) is 0 Å². The van der Waals surface area contributed by atoms with Crippen molar-refractivity contribution in [2.24, 2.45) is 0 Å². The molecule has 6 heteroatoms. The summed E-state index contributed by atoms with van der Waals surface area (Å²) in [6, 6.07) is 5.19. The minimum atomic E-state index is -0.347. The highest BCUT2D eigenvalue weighted by Crippen LogP contribution is 2.37. The molecule has 0 bridgehead atoms. The van der Waals surface area contributed by atoms with Crippen LogP contribution >= 0.6 is 0 Å². The Morgan fingerprint density at radius 2 is 1.78 bits per heavy atom. The Kier molecular flexibility index (Phi) is 3.50. The fraction of sp³-hybridized carbons (Fsp3) is 0.471. The molecule has 1 aromatic heterocycles. The van der Waals surface area contributed by atoms with E-state index in [1.54, 1.807) is 12.1 Å². The number of benzene rings is 1. The maximum atomic E-state index is 11.9. The zero-order valence-corrected chi connectivity index (χ0v) is 13.2. The lowest BCUT2D eigenvalue weighted by Gasteiger charge is -2.35. The van der Waals surface area contributed by atoms with Crippen LogP contribution in [0.3, 0.4) is 0 Å². The van der Waals surface area contributed by atoms with Crippen LogP contribution in [0, 0.1) is 0 Å². The highest BCUT2D eigenvalue weighted by Gasteiger charge is 2.24. The topological polar surface area (TPSA) is 61.1 Å². The third kappa shape index (κ3) is 2.80. The molecular formula is C17H19NO5. The molecule has 0 aliphatic carbocycles. The van der Waals surface area contributed by atoms with Gasteiger partial charge in [-0.2, -0.15) is 0 Å². The number of rotatable bonds is 2. The first-order chi connectivity index (χ1) is 11.1. The zero-order valence-electron chi connectivity index (χ0n) is 13.2. The summed E-state index contributed by atoms with van der Waals surface area (Å²) in [4.78, 5) is 14.2. The van der Waals surface area contributed by atoms with Crippen LogP contribution in [0.15, 0.2) is 27.4 Å². The van der Waals surface area contributed by atoms with Gasteiger partial charge in [0.2, 0.25) is 6.79 Å². The molecule has 0 amide bonds. The molecule has 4 rings (SSSR count). The zero-order chi connectivity index (χ0) is 16.0. The maximum Gasteiger partial charge on any atom is 0.336 e. The smallest absolute Gasteiger partial charge is 0.336 e. The third-order valence-electron chi connectivity index (χ3n) is 4.21. The van der Waals surface area contributed by atoms with Gasteiger partial charge in [-0.05, 0) is 25.5 Å². The molecule has 1 fully saturated rings. The largest absolute Gasteiger partial charge is 0.454 e. The Bertz CT molecular complexity index is 789. The Morgan fingerprint density at radius 1 is 1.09 bits per heavy atom. The fourth-order valence-corrected chi connectivity index (χ4v) is 3.40. The average molecular weight is 317 g/mol. The first kappa shape index (κ1) is 14.5. The van der Waals surface area contributed by atoms with Crippen molar-refractivity contribution in [2.45, 2.75) is 32.6 Å². The van der Waals surface area contributed by atoms with E-state index in [2.05, 4.69) is 18.7 Å². The lowest BCUT2D eigenvalue weighted by atomic mass is 10.1. The van der Waals surface area contributed by atoms with Gasteiger partial charge in [0.15, 0.2) is 11.5 Å². The molecule has 2 aliphatic heterocycles. The van der Waals surface area contributed by atoms with E-state index in [-0.39, 0.29) is 24.6 Å². The van der Waals surface area contributed by atoms with Gasteiger partial charge >= 0.3 is 5.63 Å². The second-order valence-electron chi connectivity index (χ2n) is 6.24. The van der Waals surface area contributed by atoms with Gasteiger partial charge in [-0.25, -0.2) is 4.79 Å². The molecular weight excluding hydrogens is 298 g/mol. The predicted octanol–water partition coefficient (Wildman–Crippen LogP) is 2.13. The number of hydrogen-bond acceptors (Lipinski definition) is 6. The van der Waals surface area contributed by atoms with Gasteiger partial charge in [-0.1, -0.05) is 0 Å². The van der Waals surface area contributed by atoms with Gasteiger partial charge < -0.3 is 18.6 Å². The van der Waals surface area contributed by atoms with E-state index in [4.69, 9.17) is 18.6 Å². The van der Waals surface area contributed by atoms with E-state index >= 15 is 0 Å². The van der Waals surface area contributed by atoms with E-state index in [0.29, 0.717) is 23.6 Å². The van der Waals surface area contributed by atoms with Crippen LogP contribution < -0.4 is 15.1 Å². The summed E-state index contributed by atoms with van der Waals surface area (Å²) in [5.41, 5.74) is 1.13. The molecule has 0 unspecified atom stereocenters. The molecule has 0 saturated carbocycles. The molecule has 2 atom stereocenters. The minimum absolute atomic E-state index is 0.186. The van der Waals surface area contributed by atoms with Crippen molar-refractivity contribution in [1.82, 2.24) is 4.90 Å². The molecule has 0 radical (unpaired) electrons. The molecule has 3 heterocycles. The first-order valence-electron chi connectivity index (χ1n) is 7.82. The summed E-state index contributed by atoms with van der Waals surface area (Å²) in [6.45, 7) is 6.70. The van der Waals surface area contributed by atoms with Crippen molar-refractivity contribution < 1.29 is 18.6 Å². The van der Waals surface area contributed by atoms with Crippen molar-refractivity contribution in [1.29, 1.82) is 0 Å². The summed E-state index contributed by atoms with van der Waals surface area (Å²) in [7, 11) is 0. The van der Waals surface area contributed by atoms with E-state index in [0.717, 1.165) is 24.0 Å². The standard InChI is InChI=1S/C17H19NO5/c1-10-6-18(7-11(2)22-10)8-12-3-17(19)23-14-5-16-15(4-13(12)14)20-9-21-16/h3-5,10-11H,6-9H2,1-2H3/t10-,11-/m0/s1. The van der Waals surface area contributed by atoms with Gasteiger partial charge in [-0.3, -0.25) is 4.90 Å². The Morgan fingerprint density at radius 3 is 2.52 bits per heavy atom. The highest BCUT2D eigenvalue weighted by atomic mass is 16.7. The lowest BCUT2D eigenvalue weighted by molar-refractivity contribution is -0.0704. The minimum Gasteiger partial charge on any atom is -0.454 e. The molecule has 2 aromatic rings. The van der Waals surface area contributed by atoms with Crippen LogP contribution in [0.5, 0.6) is 11.5 Å². The number of ether oxygens (including phenoxy) is 3. The SMILES string of the molecule is C[C@H]1CN(Cc2cc(=O)oc3cc4c(cc23)OCO4)C[C@H](C)O1. The Hall–Kier alpha value is -2.05. The van der Waals surface area contributed by atoms with E-state index < -0.39 is 0 Å². The summed E-state index contributed by atoms with van der Waals surface area (Å²) in [5.74, 6) is 1.31. The fourth-order valence-electron chi connectivity index (χ4n) is 3.40. The van der Waals surface area contributed by atoms with Gasteiger partial charge in [-0.15, -0.1) is 0 Å². The molecule has 0 spiro atoms. The van der Waals surface area contributed by atoms with Crippen molar-refractivity contribution in [3.8, 4) is 11.5 Å².